The Labute approximate surface area is 182 Å². The highest BCUT2D eigenvalue weighted by Crippen LogP contribution is 2.11. The second-order valence-corrected chi connectivity index (χ2v) is 9.28. The topological polar surface area (TPSA) is 86.3 Å². The van der Waals surface area contributed by atoms with E-state index < -0.39 is 5.60 Å². The van der Waals surface area contributed by atoms with Crippen LogP contribution in [0.5, 0.6) is 0 Å². The molecule has 1 heterocycles. The monoisotopic (exact) mass is 425 g/mol. The molecule has 2 amide bonds. The van der Waals surface area contributed by atoms with E-state index in [1.165, 1.54) is 0 Å². The number of alkyl carbamates (subject to hydrolysis) is 1. The van der Waals surface area contributed by atoms with Gasteiger partial charge in [-0.1, -0.05) is 13.8 Å². The number of aliphatic imine (C=N–C) groups is 1. The van der Waals surface area contributed by atoms with Crippen LogP contribution in [0.2, 0.25) is 0 Å². The molecule has 0 bridgehead atoms. The zero-order valence-electron chi connectivity index (χ0n) is 20.1. The summed E-state index contributed by atoms with van der Waals surface area (Å²) in [5.41, 5.74) is -0.514. The number of guanidine groups is 1. The SMILES string of the molecule is CCNC(=NCCC(=O)N1CCCC1)N(C)CCC(NC(=O)OC(C)(C)C)C(C)C. The van der Waals surface area contributed by atoms with Crippen molar-refractivity contribution in [3.05, 3.63) is 0 Å². The molecule has 1 aliphatic rings. The van der Waals surface area contributed by atoms with Crippen molar-refractivity contribution in [3.63, 3.8) is 0 Å². The number of carbonyl (C=O) groups excluding carboxylic acids is 2. The summed E-state index contributed by atoms with van der Waals surface area (Å²) in [7, 11) is 1.98. The first-order chi connectivity index (χ1) is 14.0. The van der Waals surface area contributed by atoms with Gasteiger partial charge in [0.05, 0.1) is 6.54 Å². The molecule has 1 atom stereocenters. The smallest absolute Gasteiger partial charge is 0.407 e. The fourth-order valence-electron chi connectivity index (χ4n) is 3.32. The molecule has 1 aliphatic heterocycles. The van der Waals surface area contributed by atoms with Gasteiger partial charge in [0.2, 0.25) is 5.91 Å². The van der Waals surface area contributed by atoms with Crippen molar-refractivity contribution in [2.24, 2.45) is 10.9 Å². The summed E-state index contributed by atoms with van der Waals surface area (Å²) in [5.74, 6) is 1.26. The molecule has 0 saturated carbocycles. The van der Waals surface area contributed by atoms with Gasteiger partial charge in [-0.25, -0.2) is 4.79 Å². The number of ether oxygens (including phenoxy) is 1. The van der Waals surface area contributed by atoms with Crippen LogP contribution in [0.3, 0.4) is 0 Å². The Morgan fingerprint density at radius 1 is 1.20 bits per heavy atom. The van der Waals surface area contributed by atoms with Gasteiger partial charge in [-0.3, -0.25) is 9.79 Å². The predicted octanol–water partition coefficient (Wildman–Crippen LogP) is 2.84. The van der Waals surface area contributed by atoms with Crippen LogP contribution < -0.4 is 10.6 Å². The number of carbonyl (C=O) groups is 2. The van der Waals surface area contributed by atoms with E-state index in [1.807, 2.05) is 39.6 Å². The summed E-state index contributed by atoms with van der Waals surface area (Å²) in [6.45, 7) is 15.5. The molecule has 0 aromatic heterocycles. The lowest BCUT2D eigenvalue weighted by Crippen LogP contribution is -2.45. The maximum Gasteiger partial charge on any atom is 0.407 e. The minimum absolute atomic E-state index is 0.00178. The zero-order valence-corrected chi connectivity index (χ0v) is 20.1. The predicted molar refractivity (Wildman–Crippen MR) is 122 cm³/mol. The van der Waals surface area contributed by atoms with Crippen LogP contribution in [-0.4, -0.2) is 79.2 Å². The summed E-state index contributed by atoms with van der Waals surface area (Å²) in [6, 6.07) is 0.00178. The number of rotatable bonds is 9. The van der Waals surface area contributed by atoms with Gasteiger partial charge in [0, 0.05) is 45.7 Å². The summed E-state index contributed by atoms with van der Waals surface area (Å²) in [4.78, 5) is 33.0. The largest absolute Gasteiger partial charge is 0.444 e. The normalized spacial score (nSPS) is 15.9. The average Bonchev–Trinajstić information content (AvgIpc) is 3.17. The van der Waals surface area contributed by atoms with Crippen molar-refractivity contribution in [3.8, 4) is 0 Å². The van der Waals surface area contributed by atoms with Gasteiger partial charge in [-0.05, 0) is 52.9 Å². The molecule has 174 valence electrons. The average molecular weight is 426 g/mol. The molecule has 0 radical (unpaired) electrons. The molecule has 0 spiro atoms. The summed E-state index contributed by atoms with van der Waals surface area (Å²) in [5, 5.41) is 6.28. The van der Waals surface area contributed by atoms with Gasteiger partial charge in [0.25, 0.3) is 0 Å². The first kappa shape index (κ1) is 26.0. The molecule has 30 heavy (non-hydrogen) atoms. The van der Waals surface area contributed by atoms with Crippen molar-refractivity contribution in [1.82, 2.24) is 20.4 Å². The summed E-state index contributed by atoms with van der Waals surface area (Å²) in [6.07, 6.45) is 3.04. The molecule has 0 aliphatic carbocycles. The van der Waals surface area contributed by atoms with Crippen LogP contribution in [0, 0.1) is 5.92 Å². The standard InChI is InChI=1S/C22H43N5O3/c1-8-23-20(24-13-11-19(28)27-14-9-10-15-27)26(7)16-12-18(17(2)3)25-21(29)30-22(4,5)6/h17-18H,8-16H2,1-7H3,(H,23,24)(H,25,29). The number of hydrogen-bond acceptors (Lipinski definition) is 4. The van der Waals surface area contributed by atoms with Crippen molar-refractivity contribution < 1.29 is 14.3 Å². The minimum atomic E-state index is -0.514. The van der Waals surface area contributed by atoms with Gasteiger partial charge in [-0.15, -0.1) is 0 Å². The van der Waals surface area contributed by atoms with E-state index in [0.717, 1.165) is 51.4 Å². The lowest BCUT2D eigenvalue weighted by molar-refractivity contribution is -0.129. The Morgan fingerprint density at radius 3 is 2.37 bits per heavy atom. The second-order valence-electron chi connectivity index (χ2n) is 9.28. The fourth-order valence-corrected chi connectivity index (χ4v) is 3.32. The Kier molecular flexibility index (Phi) is 11.0. The maximum atomic E-state index is 12.2. The third-order valence-electron chi connectivity index (χ3n) is 5.02. The Balaban J connectivity index is 2.56. The quantitative estimate of drug-likeness (QED) is 0.438. The third-order valence-corrected chi connectivity index (χ3v) is 5.02. The third kappa shape index (κ3) is 10.2. The van der Waals surface area contributed by atoms with Crippen molar-refractivity contribution in [2.75, 3.05) is 39.8 Å². The Morgan fingerprint density at radius 2 is 1.83 bits per heavy atom. The van der Waals surface area contributed by atoms with Crippen molar-refractivity contribution >= 4 is 18.0 Å². The van der Waals surface area contributed by atoms with E-state index in [1.54, 1.807) is 0 Å². The number of hydrogen-bond donors (Lipinski definition) is 2. The van der Waals surface area contributed by atoms with E-state index in [4.69, 9.17) is 4.74 Å². The first-order valence-corrected chi connectivity index (χ1v) is 11.3. The first-order valence-electron chi connectivity index (χ1n) is 11.3. The van der Waals surface area contributed by atoms with E-state index in [-0.39, 0.29) is 24.0 Å². The van der Waals surface area contributed by atoms with Gasteiger partial charge in [-0.2, -0.15) is 0 Å². The Bertz CT molecular complexity index is 566. The lowest BCUT2D eigenvalue weighted by Gasteiger charge is -2.28. The molecule has 8 heteroatoms. The Hall–Kier alpha value is -1.99. The summed E-state index contributed by atoms with van der Waals surface area (Å²) >= 11 is 0. The molecule has 1 unspecified atom stereocenters. The highest BCUT2D eigenvalue weighted by atomic mass is 16.6. The van der Waals surface area contributed by atoms with Crippen molar-refractivity contribution in [1.29, 1.82) is 0 Å². The molecule has 1 saturated heterocycles. The lowest BCUT2D eigenvalue weighted by atomic mass is 10.0. The molecule has 2 N–H and O–H groups in total. The van der Waals surface area contributed by atoms with E-state index in [0.29, 0.717) is 13.0 Å². The van der Waals surface area contributed by atoms with E-state index in [9.17, 15) is 9.59 Å². The highest BCUT2D eigenvalue weighted by Gasteiger charge is 2.22. The van der Waals surface area contributed by atoms with Gasteiger partial charge in [0.15, 0.2) is 5.96 Å². The highest BCUT2D eigenvalue weighted by molar-refractivity contribution is 5.81. The van der Waals surface area contributed by atoms with Crippen LogP contribution in [0.4, 0.5) is 4.79 Å². The van der Waals surface area contributed by atoms with Crippen LogP contribution in [0.25, 0.3) is 0 Å². The molecule has 0 aromatic carbocycles. The summed E-state index contributed by atoms with van der Waals surface area (Å²) < 4.78 is 5.39. The van der Waals surface area contributed by atoms with Crippen LogP contribution in [-0.2, 0) is 9.53 Å². The molecular weight excluding hydrogens is 382 g/mol. The minimum Gasteiger partial charge on any atom is -0.444 e. The van der Waals surface area contributed by atoms with Crippen molar-refractivity contribution in [2.45, 2.75) is 78.9 Å². The molecular formula is C22H43N5O3. The maximum absolute atomic E-state index is 12.2. The number of likely N-dealkylation sites (tertiary alicyclic amines) is 1. The van der Waals surface area contributed by atoms with Gasteiger partial charge < -0.3 is 25.2 Å². The zero-order chi connectivity index (χ0) is 22.7. The number of amides is 2. The van der Waals surface area contributed by atoms with Crippen LogP contribution in [0.15, 0.2) is 4.99 Å². The van der Waals surface area contributed by atoms with Gasteiger partial charge >= 0.3 is 6.09 Å². The van der Waals surface area contributed by atoms with Gasteiger partial charge in [0.1, 0.15) is 5.60 Å². The molecule has 8 nitrogen and oxygen atoms in total. The number of nitrogens with zero attached hydrogens (tertiary/aromatic N) is 3. The van der Waals surface area contributed by atoms with Crippen LogP contribution >= 0.6 is 0 Å². The second kappa shape index (κ2) is 12.6. The van der Waals surface area contributed by atoms with E-state index in [2.05, 4.69) is 34.4 Å². The fraction of sp³-hybridized carbons (Fsp3) is 0.864. The molecule has 0 aromatic rings. The van der Waals surface area contributed by atoms with E-state index >= 15 is 0 Å². The number of nitrogens with one attached hydrogen (secondary N) is 2. The molecule has 1 fully saturated rings. The van der Waals surface area contributed by atoms with Crippen LogP contribution in [0.1, 0.15) is 67.2 Å². The molecule has 1 rings (SSSR count).